The summed E-state index contributed by atoms with van der Waals surface area (Å²) in [5.74, 6) is -0.0613. The number of thiazole rings is 1. The number of nitrogens with one attached hydrogen (secondary N) is 1. The van der Waals surface area contributed by atoms with Crippen molar-refractivity contribution in [3.8, 4) is 17.0 Å². The molecule has 1 saturated heterocycles. The van der Waals surface area contributed by atoms with Crippen molar-refractivity contribution in [1.29, 1.82) is 0 Å². The molecule has 2 heterocycles. The number of halogens is 2. The third kappa shape index (κ3) is 4.42. The van der Waals surface area contributed by atoms with Gasteiger partial charge < -0.3 is 20.5 Å². The van der Waals surface area contributed by atoms with E-state index in [1.54, 1.807) is 12.1 Å². The summed E-state index contributed by atoms with van der Waals surface area (Å²) in [6.45, 7) is 0.308. The predicted octanol–water partition coefficient (Wildman–Crippen LogP) is 3.41. The van der Waals surface area contributed by atoms with E-state index in [2.05, 4.69) is 15.0 Å². The van der Waals surface area contributed by atoms with Gasteiger partial charge >= 0.3 is 6.61 Å². The van der Waals surface area contributed by atoms with E-state index in [0.29, 0.717) is 36.9 Å². The second kappa shape index (κ2) is 8.28. The number of nitrogens with zero attached hydrogens (tertiary/aromatic N) is 1. The average molecular weight is 397 g/mol. The van der Waals surface area contributed by atoms with Crippen LogP contribution in [0.5, 0.6) is 5.75 Å². The van der Waals surface area contributed by atoms with Crippen LogP contribution in [0.2, 0.25) is 0 Å². The van der Waals surface area contributed by atoms with Gasteiger partial charge in [0, 0.05) is 30.2 Å². The fourth-order valence-electron chi connectivity index (χ4n) is 3.03. The molecular formula is C18H21F2N3O3S. The van der Waals surface area contributed by atoms with Crippen molar-refractivity contribution >= 4 is 22.4 Å². The first-order chi connectivity index (χ1) is 12.9. The zero-order valence-electron chi connectivity index (χ0n) is 14.8. The van der Waals surface area contributed by atoms with Gasteiger partial charge in [0.15, 0.2) is 5.13 Å². The highest BCUT2D eigenvalue weighted by Gasteiger charge is 2.39. The number of ether oxygens (including phenoxy) is 2. The Bertz CT molecular complexity index is 790. The lowest BCUT2D eigenvalue weighted by atomic mass is 9.79. The molecule has 1 aliphatic heterocycles. The molecule has 27 heavy (non-hydrogen) atoms. The van der Waals surface area contributed by atoms with E-state index in [0.717, 1.165) is 10.4 Å². The first-order valence-electron chi connectivity index (χ1n) is 8.55. The first-order valence-corrected chi connectivity index (χ1v) is 9.37. The van der Waals surface area contributed by atoms with Crippen LogP contribution in [0.4, 0.5) is 13.9 Å². The van der Waals surface area contributed by atoms with Gasteiger partial charge in [-0.3, -0.25) is 4.79 Å². The van der Waals surface area contributed by atoms with Crippen LogP contribution >= 0.6 is 11.3 Å². The third-order valence-electron chi connectivity index (χ3n) is 4.69. The molecule has 6 nitrogen and oxygen atoms in total. The highest BCUT2D eigenvalue weighted by molar-refractivity contribution is 7.16. The Kier molecular flexibility index (Phi) is 6.03. The van der Waals surface area contributed by atoms with Crippen molar-refractivity contribution in [1.82, 2.24) is 4.98 Å². The molecule has 0 atom stereocenters. The Morgan fingerprint density at radius 3 is 2.63 bits per heavy atom. The molecule has 0 spiro atoms. The molecule has 0 saturated carbocycles. The second-order valence-electron chi connectivity index (χ2n) is 6.38. The van der Waals surface area contributed by atoms with Crippen LogP contribution in [0, 0.1) is 12.3 Å². The van der Waals surface area contributed by atoms with Gasteiger partial charge in [-0.2, -0.15) is 8.78 Å². The summed E-state index contributed by atoms with van der Waals surface area (Å²) < 4.78 is 34.2. The maximum absolute atomic E-state index is 12.8. The van der Waals surface area contributed by atoms with Gasteiger partial charge in [-0.15, -0.1) is 11.3 Å². The van der Waals surface area contributed by atoms with E-state index in [1.807, 2.05) is 6.92 Å². The Labute approximate surface area is 159 Å². The van der Waals surface area contributed by atoms with Crippen molar-refractivity contribution in [3.63, 3.8) is 0 Å². The summed E-state index contributed by atoms with van der Waals surface area (Å²) in [4.78, 5) is 18.2. The third-order valence-corrected chi connectivity index (χ3v) is 5.58. The van der Waals surface area contributed by atoms with E-state index in [9.17, 15) is 13.6 Å². The molecule has 9 heteroatoms. The van der Waals surface area contributed by atoms with E-state index in [-0.39, 0.29) is 18.2 Å². The number of hydrogen-bond donors (Lipinski definition) is 2. The largest absolute Gasteiger partial charge is 0.435 e. The minimum absolute atomic E-state index is 0.0829. The molecule has 0 aliphatic carbocycles. The minimum atomic E-state index is -2.86. The molecule has 0 unspecified atom stereocenters. The van der Waals surface area contributed by atoms with Crippen molar-refractivity contribution in [3.05, 3.63) is 29.1 Å². The number of rotatable bonds is 6. The Morgan fingerprint density at radius 2 is 2.04 bits per heavy atom. The molecule has 2 aromatic rings. The van der Waals surface area contributed by atoms with Gasteiger partial charge in [0.2, 0.25) is 5.91 Å². The molecule has 3 rings (SSSR count). The lowest BCUT2D eigenvalue weighted by molar-refractivity contribution is -0.130. The first kappa shape index (κ1) is 19.7. The highest BCUT2D eigenvalue weighted by Crippen LogP contribution is 2.34. The summed E-state index contributed by atoms with van der Waals surface area (Å²) in [5.41, 5.74) is 6.68. The van der Waals surface area contributed by atoms with E-state index >= 15 is 0 Å². The van der Waals surface area contributed by atoms with Crippen molar-refractivity contribution < 1.29 is 23.0 Å². The highest BCUT2D eigenvalue weighted by atomic mass is 32.1. The summed E-state index contributed by atoms with van der Waals surface area (Å²) in [6, 6.07) is 6.24. The van der Waals surface area contributed by atoms with Gasteiger partial charge in [-0.05, 0) is 44.0 Å². The average Bonchev–Trinajstić information content (AvgIpc) is 3.02. The number of nitrogens with two attached hydrogens (primary N) is 1. The normalized spacial score (nSPS) is 16.3. The van der Waals surface area contributed by atoms with Gasteiger partial charge in [-0.25, -0.2) is 4.98 Å². The molecule has 1 aromatic carbocycles. The quantitative estimate of drug-likeness (QED) is 0.780. The Balaban J connectivity index is 1.75. The number of anilines is 1. The monoisotopic (exact) mass is 397 g/mol. The number of aromatic nitrogens is 1. The maximum Gasteiger partial charge on any atom is 0.387 e. The number of amides is 1. The number of carbonyl (C=O) groups is 1. The molecular weight excluding hydrogens is 376 g/mol. The number of aryl methyl sites for hydroxylation is 1. The van der Waals surface area contributed by atoms with E-state index in [4.69, 9.17) is 10.5 Å². The van der Waals surface area contributed by atoms with E-state index in [1.165, 1.54) is 23.5 Å². The Morgan fingerprint density at radius 1 is 1.37 bits per heavy atom. The number of alkyl halides is 2. The molecule has 0 bridgehead atoms. The van der Waals surface area contributed by atoms with Gasteiger partial charge in [0.05, 0.1) is 11.1 Å². The fourth-order valence-corrected chi connectivity index (χ4v) is 3.86. The van der Waals surface area contributed by atoms with Crippen LogP contribution in [0.25, 0.3) is 11.3 Å². The minimum Gasteiger partial charge on any atom is -0.435 e. The van der Waals surface area contributed by atoms with Crippen LogP contribution < -0.4 is 15.8 Å². The van der Waals surface area contributed by atoms with Crippen LogP contribution in [-0.4, -0.2) is 37.3 Å². The number of benzene rings is 1. The van der Waals surface area contributed by atoms with Crippen LogP contribution in [0.3, 0.4) is 0 Å². The van der Waals surface area contributed by atoms with Gasteiger partial charge in [0.1, 0.15) is 5.75 Å². The van der Waals surface area contributed by atoms with Gasteiger partial charge in [-0.1, -0.05) is 0 Å². The SMILES string of the molecule is Cc1sc(NC(=O)C2(CN)CCOCC2)nc1-c1ccc(OC(F)F)cc1. The predicted molar refractivity (Wildman–Crippen MR) is 99.1 cm³/mol. The molecule has 1 amide bonds. The molecule has 0 radical (unpaired) electrons. The number of carbonyl (C=O) groups excluding carboxylic acids is 1. The summed E-state index contributed by atoms with van der Waals surface area (Å²) in [6.07, 6.45) is 1.16. The van der Waals surface area contributed by atoms with Crippen molar-refractivity contribution in [2.75, 3.05) is 25.1 Å². The zero-order chi connectivity index (χ0) is 19.4. The fraction of sp³-hybridized carbons (Fsp3) is 0.444. The molecule has 1 aromatic heterocycles. The summed E-state index contributed by atoms with van der Waals surface area (Å²) >= 11 is 1.36. The topological polar surface area (TPSA) is 86.5 Å². The van der Waals surface area contributed by atoms with Gasteiger partial charge in [0.25, 0.3) is 0 Å². The van der Waals surface area contributed by atoms with Crippen LogP contribution in [0.1, 0.15) is 17.7 Å². The lowest BCUT2D eigenvalue weighted by Crippen LogP contribution is -2.46. The van der Waals surface area contributed by atoms with Crippen molar-refractivity contribution in [2.24, 2.45) is 11.1 Å². The molecule has 146 valence electrons. The van der Waals surface area contributed by atoms with Crippen LogP contribution in [-0.2, 0) is 9.53 Å². The standard InChI is InChI=1S/C18H21F2N3O3S/c1-11-14(12-2-4-13(5-3-12)26-16(19)20)22-17(27-11)23-15(24)18(10-21)6-8-25-9-7-18/h2-5,16H,6-10,21H2,1H3,(H,22,23,24). The summed E-state index contributed by atoms with van der Waals surface area (Å²) in [5, 5.41) is 3.37. The molecule has 1 aliphatic rings. The van der Waals surface area contributed by atoms with Crippen LogP contribution in [0.15, 0.2) is 24.3 Å². The molecule has 1 fully saturated rings. The van der Waals surface area contributed by atoms with Crippen molar-refractivity contribution in [2.45, 2.75) is 26.4 Å². The molecule has 3 N–H and O–H groups in total. The maximum atomic E-state index is 12.8. The second-order valence-corrected chi connectivity index (χ2v) is 7.58. The zero-order valence-corrected chi connectivity index (χ0v) is 15.7. The smallest absolute Gasteiger partial charge is 0.387 e. The lowest BCUT2D eigenvalue weighted by Gasteiger charge is -2.34. The number of hydrogen-bond acceptors (Lipinski definition) is 6. The van der Waals surface area contributed by atoms with E-state index < -0.39 is 12.0 Å². The summed E-state index contributed by atoms with van der Waals surface area (Å²) in [7, 11) is 0. The Hall–Kier alpha value is -2.10.